The molecule has 0 aliphatic heterocycles. The smallest absolute Gasteiger partial charge is 0.355 e. The molecule has 0 spiro atoms. The number of hydrogen-bond acceptors (Lipinski definition) is 2. The van der Waals surface area contributed by atoms with E-state index < -0.39 is 0 Å². The van der Waals surface area contributed by atoms with Crippen molar-refractivity contribution in [3.63, 3.8) is 0 Å². The second kappa shape index (κ2) is 5.27. The molecule has 0 bridgehead atoms. The number of H-pyrrole nitrogens is 1. The number of ether oxygens (including phenoxy) is 1. The number of carbonyl (C=O) groups excluding carboxylic acids is 1. The van der Waals surface area contributed by atoms with Crippen molar-refractivity contribution in [1.82, 2.24) is 4.98 Å². The molecule has 0 amide bonds. The molecule has 1 N–H and O–H groups in total. The van der Waals surface area contributed by atoms with E-state index in [1.807, 2.05) is 37.3 Å². The van der Waals surface area contributed by atoms with Crippen molar-refractivity contribution < 1.29 is 9.53 Å². The second-order valence-corrected chi connectivity index (χ2v) is 4.28. The van der Waals surface area contributed by atoms with Gasteiger partial charge in [-0.25, -0.2) is 4.79 Å². The Morgan fingerprint density at radius 3 is 2.61 bits per heavy atom. The van der Waals surface area contributed by atoms with Gasteiger partial charge in [0.25, 0.3) is 0 Å². The van der Waals surface area contributed by atoms with E-state index in [-0.39, 0.29) is 5.97 Å². The third-order valence-corrected chi connectivity index (χ3v) is 3.11. The third-order valence-electron chi connectivity index (χ3n) is 2.73. The number of esters is 1. The predicted octanol–water partition coefficient (Wildman–Crippen LogP) is 3.82. The van der Waals surface area contributed by atoms with Gasteiger partial charge in [0.2, 0.25) is 0 Å². The molecule has 0 saturated heterocycles. The highest BCUT2D eigenvalue weighted by Gasteiger charge is 2.20. The fraction of sp³-hybridized carbons (Fsp3) is 0.214. The van der Waals surface area contributed by atoms with Gasteiger partial charge in [-0.3, -0.25) is 0 Å². The summed E-state index contributed by atoms with van der Waals surface area (Å²) in [6, 6.07) is 9.65. The van der Waals surface area contributed by atoms with Crippen molar-refractivity contribution in [2.24, 2.45) is 0 Å². The Bertz CT molecular complexity index is 561. The summed E-state index contributed by atoms with van der Waals surface area (Å²) in [5, 5.41) is 0.469. The standard InChI is InChI=1S/C14H14ClNO2/c1-3-18-14(17)12-11(9(2)13(15)16-12)10-7-5-4-6-8-10/h4-8,16H,3H2,1-2H3. The zero-order chi connectivity index (χ0) is 13.1. The highest BCUT2D eigenvalue weighted by Crippen LogP contribution is 2.32. The van der Waals surface area contributed by atoms with E-state index in [1.54, 1.807) is 6.92 Å². The minimum Gasteiger partial charge on any atom is -0.461 e. The lowest BCUT2D eigenvalue weighted by molar-refractivity contribution is 0.0521. The molecule has 2 aromatic rings. The van der Waals surface area contributed by atoms with Crippen LogP contribution in [-0.2, 0) is 4.74 Å². The van der Waals surface area contributed by atoms with Crippen LogP contribution in [0.4, 0.5) is 0 Å². The molecule has 0 fully saturated rings. The fourth-order valence-corrected chi connectivity index (χ4v) is 2.07. The van der Waals surface area contributed by atoms with E-state index in [9.17, 15) is 4.79 Å². The van der Waals surface area contributed by atoms with E-state index in [1.165, 1.54) is 0 Å². The molecule has 0 aliphatic rings. The van der Waals surface area contributed by atoms with Crippen molar-refractivity contribution in [2.75, 3.05) is 6.61 Å². The Balaban J connectivity index is 2.55. The average molecular weight is 264 g/mol. The van der Waals surface area contributed by atoms with Crippen LogP contribution in [0.3, 0.4) is 0 Å². The first kappa shape index (κ1) is 12.7. The van der Waals surface area contributed by atoms with Crippen molar-refractivity contribution in [1.29, 1.82) is 0 Å². The number of aromatic nitrogens is 1. The maximum Gasteiger partial charge on any atom is 0.355 e. The van der Waals surface area contributed by atoms with Crippen LogP contribution in [-0.4, -0.2) is 17.6 Å². The van der Waals surface area contributed by atoms with Gasteiger partial charge < -0.3 is 9.72 Å². The Morgan fingerprint density at radius 2 is 2.00 bits per heavy atom. The largest absolute Gasteiger partial charge is 0.461 e. The van der Waals surface area contributed by atoms with Crippen molar-refractivity contribution in [2.45, 2.75) is 13.8 Å². The molecule has 0 atom stereocenters. The summed E-state index contributed by atoms with van der Waals surface area (Å²) in [6.07, 6.45) is 0. The zero-order valence-electron chi connectivity index (χ0n) is 10.3. The van der Waals surface area contributed by atoms with Gasteiger partial charge in [0, 0.05) is 5.56 Å². The van der Waals surface area contributed by atoms with Crippen LogP contribution in [0.1, 0.15) is 23.0 Å². The molecule has 18 heavy (non-hydrogen) atoms. The lowest BCUT2D eigenvalue weighted by Gasteiger charge is -2.05. The van der Waals surface area contributed by atoms with Crippen LogP contribution in [0.5, 0.6) is 0 Å². The van der Waals surface area contributed by atoms with Crippen LogP contribution >= 0.6 is 11.6 Å². The van der Waals surface area contributed by atoms with Crippen LogP contribution in [0, 0.1) is 6.92 Å². The predicted molar refractivity (Wildman–Crippen MR) is 71.9 cm³/mol. The maximum absolute atomic E-state index is 11.9. The summed E-state index contributed by atoms with van der Waals surface area (Å²) in [4.78, 5) is 14.8. The van der Waals surface area contributed by atoms with Gasteiger partial charge in [0.05, 0.1) is 6.61 Å². The molecule has 94 valence electrons. The summed E-state index contributed by atoms with van der Waals surface area (Å²) in [6.45, 7) is 3.99. The minimum absolute atomic E-state index is 0.336. The quantitative estimate of drug-likeness (QED) is 0.856. The number of hydrogen-bond donors (Lipinski definition) is 1. The summed E-state index contributed by atoms with van der Waals surface area (Å²) < 4.78 is 5.03. The Kier molecular flexibility index (Phi) is 3.72. The highest BCUT2D eigenvalue weighted by atomic mass is 35.5. The van der Waals surface area contributed by atoms with Gasteiger partial charge in [-0.15, -0.1) is 0 Å². The number of aromatic amines is 1. The fourth-order valence-electron chi connectivity index (χ4n) is 1.89. The lowest BCUT2D eigenvalue weighted by atomic mass is 10.0. The first-order chi connectivity index (χ1) is 8.65. The molecule has 1 aromatic heterocycles. The van der Waals surface area contributed by atoms with Crippen molar-refractivity contribution >= 4 is 17.6 Å². The van der Waals surface area contributed by atoms with E-state index in [4.69, 9.17) is 16.3 Å². The van der Waals surface area contributed by atoms with E-state index in [0.29, 0.717) is 17.5 Å². The molecule has 1 aromatic carbocycles. The highest BCUT2D eigenvalue weighted by molar-refractivity contribution is 6.31. The van der Waals surface area contributed by atoms with E-state index in [2.05, 4.69) is 4.98 Å². The summed E-state index contributed by atoms with van der Waals surface area (Å²) in [5.41, 5.74) is 3.01. The van der Waals surface area contributed by atoms with Gasteiger partial charge in [-0.1, -0.05) is 41.9 Å². The third kappa shape index (κ3) is 2.27. The van der Waals surface area contributed by atoms with Gasteiger partial charge in [0.1, 0.15) is 10.8 Å². The van der Waals surface area contributed by atoms with Crippen LogP contribution in [0.15, 0.2) is 30.3 Å². The van der Waals surface area contributed by atoms with Gasteiger partial charge >= 0.3 is 5.97 Å². The number of benzene rings is 1. The first-order valence-corrected chi connectivity index (χ1v) is 6.13. The summed E-state index contributed by atoms with van der Waals surface area (Å²) in [5.74, 6) is -0.383. The number of nitrogens with one attached hydrogen (secondary N) is 1. The number of carbonyl (C=O) groups is 1. The normalized spacial score (nSPS) is 10.4. The molecule has 0 saturated carbocycles. The number of halogens is 1. The molecule has 4 heteroatoms. The zero-order valence-corrected chi connectivity index (χ0v) is 11.0. The molecule has 3 nitrogen and oxygen atoms in total. The number of rotatable bonds is 3. The Hall–Kier alpha value is -1.74. The topological polar surface area (TPSA) is 42.1 Å². The molecule has 0 unspecified atom stereocenters. The average Bonchev–Trinajstić information content (AvgIpc) is 2.67. The molecule has 2 rings (SSSR count). The van der Waals surface area contributed by atoms with Gasteiger partial charge in [-0.2, -0.15) is 0 Å². The lowest BCUT2D eigenvalue weighted by Crippen LogP contribution is -2.06. The second-order valence-electron chi connectivity index (χ2n) is 3.90. The minimum atomic E-state index is -0.383. The monoisotopic (exact) mass is 263 g/mol. The van der Waals surface area contributed by atoms with E-state index >= 15 is 0 Å². The molecule has 1 heterocycles. The van der Waals surface area contributed by atoms with Crippen LogP contribution < -0.4 is 0 Å². The first-order valence-electron chi connectivity index (χ1n) is 5.75. The summed E-state index contributed by atoms with van der Waals surface area (Å²) in [7, 11) is 0. The van der Waals surface area contributed by atoms with Crippen molar-refractivity contribution in [3.8, 4) is 11.1 Å². The van der Waals surface area contributed by atoms with Crippen molar-refractivity contribution in [3.05, 3.63) is 46.7 Å². The summed E-state index contributed by atoms with van der Waals surface area (Å²) >= 11 is 6.07. The van der Waals surface area contributed by atoms with Gasteiger partial charge in [-0.05, 0) is 25.0 Å². The Labute approximate surface area is 111 Å². The molecular weight excluding hydrogens is 250 g/mol. The molecular formula is C14H14ClNO2. The van der Waals surface area contributed by atoms with Crippen LogP contribution in [0.2, 0.25) is 5.15 Å². The SMILES string of the molecule is CCOC(=O)c1[nH]c(Cl)c(C)c1-c1ccccc1. The molecule has 0 aliphatic carbocycles. The maximum atomic E-state index is 11.9. The Morgan fingerprint density at radius 1 is 1.33 bits per heavy atom. The van der Waals surface area contributed by atoms with Crippen LogP contribution in [0.25, 0.3) is 11.1 Å². The molecule has 0 radical (unpaired) electrons. The van der Waals surface area contributed by atoms with Gasteiger partial charge in [0.15, 0.2) is 0 Å². The van der Waals surface area contributed by atoms with E-state index in [0.717, 1.165) is 16.7 Å².